The Morgan fingerprint density at radius 3 is 2.28 bits per heavy atom. The lowest BCUT2D eigenvalue weighted by atomic mass is 9.93. The minimum absolute atomic E-state index is 0.113. The zero-order valence-corrected chi connectivity index (χ0v) is 17.7. The van der Waals surface area contributed by atoms with Gasteiger partial charge in [-0.25, -0.2) is 4.79 Å². The Balaban J connectivity index is 1.98. The summed E-state index contributed by atoms with van der Waals surface area (Å²) in [7, 11) is 4.38. The Labute approximate surface area is 172 Å². The van der Waals surface area contributed by atoms with Gasteiger partial charge in [-0.05, 0) is 31.5 Å². The molecule has 1 amide bonds. The van der Waals surface area contributed by atoms with Crippen molar-refractivity contribution in [3.8, 4) is 17.2 Å². The van der Waals surface area contributed by atoms with E-state index in [0.717, 1.165) is 4.88 Å². The number of ether oxygens (including phenoxy) is 4. The van der Waals surface area contributed by atoms with Crippen molar-refractivity contribution in [2.45, 2.75) is 32.5 Å². The Bertz CT molecular complexity index is 939. The first-order chi connectivity index (χ1) is 13.7. The third-order valence-corrected chi connectivity index (χ3v) is 5.78. The Morgan fingerprint density at radius 1 is 1.14 bits per heavy atom. The molecule has 1 aromatic heterocycles. The smallest absolute Gasteiger partial charge is 0.339 e. The van der Waals surface area contributed by atoms with Crippen LogP contribution in [0.25, 0.3) is 0 Å². The molecule has 1 aliphatic heterocycles. The number of carbonyl (C=O) groups is 2. The maximum Gasteiger partial charge on any atom is 0.339 e. The van der Waals surface area contributed by atoms with E-state index in [4.69, 9.17) is 18.9 Å². The first-order valence-corrected chi connectivity index (χ1v) is 9.65. The van der Waals surface area contributed by atoms with Crippen molar-refractivity contribution in [1.29, 1.82) is 0 Å². The van der Waals surface area contributed by atoms with Crippen LogP contribution in [0.1, 0.15) is 45.0 Å². The second kappa shape index (κ2) is 7.92. The van der Waals surface area contributed by atoms with Gasteiger partial charge < -0.3 is 29.4 Å². The van der Waals surface area contributed by atoms with Crippen molar-refractivity contribution in [2.24, 2.45) is 0 Å². The summed E-state index contributed by atoms with van der Waals surface area (Å²) in [5.41, 5.74) is 0.607. The van der Waals surface area contributed by atoms with Gasteiger partial charge in [-0.1, -0.05) is 0 Å². The minimum Gasteiger partial charge on any atom is -0.493 e. The normalized spacial score (nSPS) is 14.7. The average molecular weight is 421 g/mol. The highest BCUT2D eigenvalue weighted by molar-refractivity contribution is 7.17. The number of benzene rings is 1. The number of hydrogen-bond donors (Lipinski definition) is 2. The number of anilines is 1. The number of carbonyl (C=O) groups excluding carboxylic acids is 1. The van der Waals surface area contributed by atoms with Gasteiger partial charge in [0.15, 0.2) is 11.5 Å². The van der Waals surface area contributed by atoms with Crippen LogP contribution in [0, 0.1) is 0 Å². The third kappa shape index (κ3) is 4.01. The fraction of sp³-hybridized carbons (Fsp3) is 0.400. The lowest BCUT2D eigenvalue weighted by Crippen LogP contribution is -2.31. The summed E-state index contributed by atoms with van der Waals surface area (Å²) >= 11 is 1.22. The molecule has 0 fully saturated rings. The summed E-state index contributed by atoms with van der Waals surface area (Å²) < 4.78 is 21.6. The van der Waals surface area contributed by atoms with E-state index >= 15 is 0 Å². The first-order valence-electron chi connectivity index (χ1n) is 8.84. The Hall–Kier alpha value is -2.78. The van der Waals surface area contributed by atoms with Gasteiger partial charge in [-0.2, -0.15) is 0 Å². The van der Waals surface area contributed by atoms with Crippen molar-refractivity contribution >= 4 is 28.2 Å². The average Bonchev–Trinajstić information content (AvgIpc) is 3.02. The van der Waals surface area contributed by atoms with E-state index in [1.807, 2.05) is 13.8 Å². The van der Waals surface area contributed by atoms with Gasteiger partial charge >= 0.3 is 5.97 Å². The van der Waals surface area contributed by atoms with Crippen LogP contribution in [0.2, 0.25) is 0 Å². The number of aromatic carboxylic acids is 1. The maximum absolute atomic E-state index is 12.9. The Morgan fingerprint density at radius 2 is 1.76 bits per heavy atom. The molecule has 0 saturated carbocycles. The van der Waals surface area contributed by atoms with Crippen LogP contribution in [-0.4, -0.2) is 43.9 Å². The first kappa shape index (κ1) is 20.9. The summed E-state index contributed by atoms with van der Waals surface area (Å²) in [6.07, 6.45) is 0.459. The fourth-order valence-corrected chi connectivity index (χ4v) is 4.37. The zero-order valence-electron chi connectivity index (χ0n) is 16.9. The lowest BCUT2D eigenvalue weighted by Gasteiger charge is -2.30. The van der Waals surface area contributed by atoms with E-state index in [2.05, 4.69) is 5.32 Å². The van der Waals surface area contributed by atoms with E-state index in [0.29, 0.717) is 35.8 Å². The number of fused-ring (bicyclic) bond motifs is 1. The molecule has 1 aliphatic rings. The molecule has 0 saturated heterocycles. The van der Waals surface area contributed by atoms with Gasteiger partial charge in [0.25, 0.3) is 5.91 Å². The van der Waals surface area contributed by atoms with Crippen LogP contribution in [0.15, 0.2) is 12.1 Å². The third-order valence-electron chi connectivity index (χ3n) is 4.66. The van der Waals surface area contributed by atoms with E-state index in [9.17, 15) is 14.7 Å². The van der Waals surface area contributed by atoms with Crippen molar-refractivity contribution in [1.82, 2.24) is 0 Å². The molecular weight excluding hydrogens is 398 g/mol. The molecule has 0 aliphatic carbocycles. The number of carboxylic acid groups (broad SMARTS) is 1. The lowest BCUT2D eigenvalue weighted by molar-refractivity contribution is -0.0384. The van der Waals surface area contributed by atoms with Gasteiger partial charge in [0.2, 0.25) is 5.75 Å². The number of carboxylic acids is 1. The van der Waals surface area contributed by atoms with Crippen LogP contribution in [-0.2, 0) is 17.8 Å². The van der Waals surface area contributed by atoms with Crippen molar-refractivity contribution in [3.05, 3.63) is 33.7 Å². The van der Waals surface area contributed by atoms with Crippen LogP contribution in [0.3, 0.4) is 0 Å². The highest BCUT2D eigenvalue weighted by Gasteiger charge is 2.34. The van der Waals surface area contributed by atoms with Crippen molar-refractivity contribution in [2.75, 3.05) is 26.6 Å². The SMILES string of the molecule is COc1cc(C(=O)Nc2sc3c(c2C(=O)O)CC(C)(C)OC3)cc(OC)c1OC. The second-order valence-corrected chi connectivity index (χ2v) is 8.21. The summed E-state index contributed by atoms with van der Waals surface area (Å²) in [4.78, 5) is 25.6. The molecule has 2 heterocycles. The molecule has 156 valence electrons. The molecule has 1 aromatic carbocycles. The number of rotatable bonds is 6. The highest BCUT2D eigenvalue weighted by Crippen LogP contribution is 2.41. The second-order valence-electron chi connectivity index (χ2n) is 7.11. The van der Waals surface area contributed by atoms with Crippen LogP contribution < -0.4 is 19.5 Å². The molecule has 2 aromatic rings. The summed E-state index contributed by atoms with van der Waals surface area (Å²) in [5.74, 6) is -0.540. The molecule has 9 heteroatoms. The van der Waals surface area contributed by atoms with Gasteiger partial charge in [0.05, 0.1) is 39.1 Å². The molecule has 0 radical (unpaired) electrons. The fourth-order valence-electron chi connectivity index (χ4n) is 3.26. The topological polar surface area (TPSA) is 103 Å². The van der Waals surface area contributed by atoms with Crippen LogP contribution >= 0.6 is 11.3 Å². The molecule has 29 heavy (non-hydrogen) atoms. The van der Waals surface area contributed by atoms with Gasteiger partial charge in [-0.3, -0.25) is 4.79 Å². The largest absolute Gasteiger partial charge is 0.493 e. The van der Waals surface area contributed by atoms with Gasteiger partial charge in [-0.15, -0.1) is 11.3 Å². The standard InChI is InChI=1S/C20H23NO7S/c1-20(2)8-11-14(9-28-20)29-18(15(11)19(23)24)21-17(22)10-6-12(25-3)16(27-5)13(7-10)26-4/h6-7H,8-9H2,1-5H3,(H,21,22)(H,23,24). The van der Waals surface area contributed by atoms with Gasteiger partial charge in [0, 0.05) is 16.9 Å². The molecule has 0 unspecified atom stereocenters. The number of nitrogens with one attached hydrogen (secondary N) is 1. The zero-order chi connectivity index (χ0) is 21.3. The van der Waals surface area contributed by atoms with E-state index in [1.54, 1.807) is 0 Å². The summed E-state index contributed by atoms with van der Waals surface area (Å²) in [6.45, 7) is 4.13. The predicted molar refractivity (Wildman–Crippen MR) is 108 cm³/mol. The Kier molecular flexibility index (Phi) is 5.72. The van der Waals surface area contributed by atoms with E-state index in [-0.39, 0.29) is 16.1 Å². The molecular formula is C20H23NO7S. The predicted octanol–water partition coefficient (Wildman–Crippen LogP) is 3.58. The molecule has 0 atom stereocenters. The van der Waals surface area contributed by atoms with Crippen LogP contribution in [0.4, 0.5) is 5.00 Å². The van der Waals surface area contributed by atoms with Gasteiger partial charge in [0.1, 0.15) is 5.00 Å². The van der Waals surface area contributed by atoms with Crippen LogP contribution in [0.5, 0.6) is 17.2 Å². The quantitative estimate of drug-likeness (QED) is 0.735. The molecule has 3 rings (SSSR count). The van der Waals surface area contributed by atoms with E-state index < -0.39 is 17.5 Å². The maximum atomic E-state index is 12.9. The molecule has 2 N–H and O–H groups in total. The monoisotopic (exact) mass is 421 g/mol. The molecule has 0 bridgehead atoms. The highest BCUT2D eigenvalue weighted by atomic mass is 32.1. The summed E-state index contributed by atoms with van der Waals surface area (Å²) in [6, 6.07) is 3.02. The number of thiophene rings is 1. The molecule has 8 nitrogen and oxygen atoms in total. The minimum atomic E-state index is -1.08. The van der Waals surface area contributed by atoms with E-state index in [1.165, 1.54) is 44.8 Å². The number of methoxy groups -OCH3 is 3. The number of amides is 1. The summed E-state index contributed by atoms with van der Waals surface area (Å²) in [5, 5.41) is 12.8. The van der Waals surface area contributed by atoms with Crippen molar-refractivity contribution < 1.29 is 33.6 Å². The molecule has 0 spiro atoms. The van der Waals surface area contributed by atoms with Crippen molar-refractivity contribution in [3.63, 3.8) is 0 Å². The number of hydrogen-bond acceptors (Lipinski definition) is 7.